The van der Waals surface area contributed by atoms with Crippen LogP contribution in [0.2, 0.25) is 0 Å². The highest BCUT2D eigenvalue weighted by Crippen LogP contribution is 2.19. The number of hydrogen-bond acceptors (Lipinski definition) is 5. The van der Waals surface area contributed by atoms with Gasteiger partial charge in [0.2, 0.25) is 0 Å². The van der Waals surface area contributed by atoms with E-state index in [-0.39, 0.29) is 5.56 Å². The minimum absolute atomic E-state index is 0.0846. The molecule has 0 bridgehead atoms. The highest BCUT2D eigenvalue weighted by molar-refractivity contribution is 6.02. The van der Waals surface area contributed by atoms with E-state index < -0.39 is 12.0 Å². The Balaban J connectivity index is 1.67. The van der Waals surface area contributed by atoms with Gasteiger partial charge in [0.15, 0.2) is 0 Å². The van der Waals surface area contributed by atoms with Crippen LogP contribution in [0.25, 0.3) is 0 Å². The predicted molar refractivity (Wildman–Crippen MR) is 101 cm³/mol. The summed E-state index contributed by atoms with van der Waals surface area (Å²) in [6.07, 6.45) is 0. The van der Waals surface area contributed by atoms with Crippen LogP contribution in [0.15, 0.2) is 47.5 Å². The highest BCUT2D eigenvalue weighted by Gasteiger charge is 2.10. The molecule has 0 atom stereocenters. The third kappa shape index (κ3) is 4.10. The number of carbonyl (C=O) groups is 2. The summed E-state index contributed by atoms with van der Waals surface area (Å²) in [4.78, 5) is 27.7. The van der Waals surface area contributed by atoms with E-state index in [0.717, 1.165) is 24.5 Å². The molecule has 2 amide bonds. The van der Waals surface area contributed by atoms with Crippen LogP contribution in [0.4, 0.5) is 21.9 Å². The van der Waals surface area contributed by atoms with Crippen molar-refractivity contribution in [2.45, 2.75) is 0 Å². The Kier molecular flexibility index (Phi) is 5.02. The molecule has 0 saturated heterocycles. The van der Waals surface area contributed by atoms with Crippen molar-refractivity contribution in [2.24, 2.45) is 4.99 Å². The fraction of sp³-hybridized carbons (Fsp3) is 0.167. The van der Waals surface area contributed by atoms with E-state index in [0.29, 0.717) is 17.1 Å². The lowest BCUT2D eigenvalue weighted by atomic mass is 10.1. The fourth-order valence-electron chi connectivity index (χ4n) is 2.56. The molecule has 0 saturated carbocycles. The van der Waals surface area contributed by atoms with E-state index in [1.165, 1.54) is 12.1 Å². The molecule has 26 heavy (non-hydrogen) atoms. The van der Waals surface area contributed by atoms with Gasteiger partial charge in [-0.1, -0.05) is 0 Å². The standard InChI is InChI=1S/C18H19N5O3/c1-19-14-8-12(17(24)25)9-15(10-14)23-18(26)22-13-4-2-11(3-5-13)16-20-6-7-21-16/h2-5,8-10,19H,6-7H2,1H3,(H,20,21)(H,24,25)(H2,22,23,26). The molecule has 2 aromatic carbocycles. The lowest BCUT2D eigenvalue weighted by molar-refractivity contribution is 0.0697. The van der Waals surface area contributed by atoms with E-state index in [1.807, 2.05) is 12.1 Å². The molecule has 2 aromatic rings. The quantitative estimate of drug-likeness (QED) is 0.566. The Morgan fingerprint density at radius 3 is 2.35 bits per heavy atom. The maximum atomic E-state index is 12.2. The van der Waals surface area contributed by atoms with Gasteiger partial charge in [-0.05, 0) is 42.5 Å². The van der Waals surface area contributed by atoms with Crippen LogP contribution in [-0.4, -0.2) is 43.1 Å². The minimum Gasteiger partial charge on any atom is -0.478 e. The molecule has 8 nitrogen and oxygen atoms in total. The second-order valence-electron chi connectivity index (χ2n) is 5.67. The molecule has 1 aliphatic heterocycles. The van der Waals surface area contributed by atoms with Crippen LogP contribution in [0.1, 0.15) is 15.9 Å². The number of amidine groups is 1. The highest BCUT2D eigenvalue weighted by atomic mass is 16.4. The number of aromatic carboxylic acids is 1. The van der Waals surface area contributed by atoms with E-state index in [9.17, 15) is 9.59 Å². The largest absolute Gasteiger partial charge is 0.478 e. The number of rotatable bonds is 5. The SMILES string of the molecule is CNc1cc(NC(=O)Nc2ccc(C3=NCCN3)cc2)cc(C(=O)O)c1. The van der Waals surface area contributed by atoms with Crippen molar-refractivity contribution >= 4 is 34.9 Å². The van der Waals surface area contributed by atoms with Crippen LogP contribution in [-0.2, 0) is 0 Å². The zero-order chi connectivity index (χ0) is 18.5. The third-order valence-corrected chi connectivity index (χ3v) is 3.82. The summed E-state index contributed by atoms with van der Waals surface area (Å²) in [6.45, 7) is 1.60. The number of amides is 2. The summed E-state index contributed by atoms with van der Waals surface area (Å²) >= 11 is 0. The van der Waals surface area contributed by atoms with Crippen molar-refractivity contribution in [3.63, 3.8) is 0 Å². The van der Waals surface area contributed by atoms with Gasteiger partial charge < -0.3 is 26.4 Å². The first-order valence-electron chi connectivity index (χ1n) is 8.08. The number of aliphatic imine (C=N–C) groups is 1. The summed E-state index contributed by atoms with van der Waals surface area (Å²) < 4.78 is 0. The number of hydrogen-bond donors (Lipinski definition) is 5. The number of nitrogens with zero attached hydrogens (tertiary/aromatic N) is 1. The summed E-state index contributed by atoms with van der Waals surface area (Å²) in [6, 6.07) is 11.4. The van der Waals surface area contributed by atoms with Crippen molar-refractivity contribution in [1.29, 1.82) is 0 Å². The Hall–Kier alpha value is -3.55. The van der Waals surface area contributed by atoms with Crippen molar-refractivity contribution in [2.75, 3.05) is 36.1 Å². The smallest absolute Gasteiger partial charge is 0.335 e. The average Bonchev–Trinajstić information content (AvgIpc) is 3.16. The van der Waals surface area contributed by atoms with Gasteiger partial charge in [0, 0.05) is 36.2 Å². The molecule has 0 aliphatic carbocycles. The molecule has 8 heteroatoms. The normalized spacial score (nSPS) is 12.7. The number of carboxylic acids is 1. The maximum Gasteiger partial charge on any atom is 0.335 e. The van der Waals surface area contributed by atoms with Gasteiger partial charge in [-0.3, -0.25) is 4.99 Å². The van der Waals surface area contributed by atoms with Crippen molar-refractivity contribution in [3.8, 4) is 0 Å². The van der Waals surface area contributed by atoms with Crippen molar-refractivity contribution < 1.29 is 14.7 Å². The van der Waals surface area contributed by atoms with E-state index in [1.54, 1.807) is 25.2 Å². The number of carbonyl (C=O) groups excluding carboxylic acids is 1. The molecule has 1 aliphatic rings. The van der Waals surface area contributed by atoms with Crippen LogP contribution in [0, 0.1) is 0 Å². The van der Waals surface area contributed by atoms with Gasteiger partial charge in [0.05, 0.1) is 12.1 Å². The van der Waals surface area contributed by atoms with Crippen LogP contribution < -0.4 is 21.3 Å². The summed E-state index contributed by atoms with van der Waals surface area (Å²) in [7, 11) is 1.68. The molecule has 0 fully saturated rings. The van der Waals surface area contributed by atoms with E-state index >= 15 is 0 Å². The number of anilines is 3. The van der Waals surface area contributed by atoms with Gasteiger partial charge in [-0.15, -0.1) is 0 Å². The van der Waals surface area contributed by atoms with Crippen molar-refractivity contribution in [1.82, 2.24) is 5.32 Å². The second-order valence-corrected chi connectivity index (χ2v) is 5.67. The molecular formula is C18H19N5O3. The Labute approximate surface area is 150 Å². The summed E-state index contributed by atoms with van der Waals surface area (Å²) in [5.41, 5.74) is 2.64. The maximum absolute atomic E-state index is 12.2. The monoisotopic (exact) mass is 353 g/mol. The lowest BCUT2D eigenvalue weighted by Gasteiger charge is -2.11. The topological polar surface area (TPSA) is 115 Å². The summed E-state index contributed by atoms with van der Waals surface area (Å²) in [5.74, 6) is -0.212. The lowest BCUT2D eigenvalue weighted by Crippen LogP contribution is -2.21. The van der Waals surface area contributed by atoms with Crippen LogP contribution in [0.5, 0.6) is 0 Å². The van der Waals surface area contributed by atoms with E-state index in [2.05, 4.69) is 26.3 Å². The first-order chi connectivity index (χ1) is 12.5. The molecular weight excluding hydrogens is 334 g/mol. The molecule has 0 spiro atoms. The number of benzene rings is 2. The Morgan fingerprint density at radius 2 is 1.73 bits per heavy atom. The van der Waals surface area contributed by atoms with Gasteiger partial charge >= 0.3 is 12.0 Å². The molecule has 0 unspecified atom stereocenters. The number of nitrogens with one attached hydrogen (secondary N) is 4. The Morgan fingerprint density at radius 1 is 1.04 bits per heavy atom. The minimum atomic E-state index is -1.07. The number of carboxylic acid groups (broad SMARTS) is 1. The zero-order valence-electron chi connectivity index (χ0n) is 14.2. The van der Waals surface area contributed by atoms with Crippen LogP contribution >= 0.6 is 0 Å². The molecule has 0 aromatic heterocycles. The van der Waals surface area contributed by atoms with Gasteiger partial charge in [0.25, 0.3) is 0 Å². The average molecular weight is 353 g/mol. The second kappa shape index (κ2) is 7.56. The van der Waals surface area contributed by atoms with Gasteiger partial charge in [-0.2, -0.15) is 0 Å². The zero-order valence-corrected chi connectivity index (χ0v) is 14.2. The van der Waals surface area contributed by atoms with Crippen LogP contribution in [0.3, 0.4) is 0 Å². The molecule has 5 N–H and O–H groups in total. The fourth-order valence-corrected chi connectivity index (χ4v) is 2.56. The van der Waals surface area contributed by atoms with E-state index in [4.69, 9.17) is 5.11 Å². The molecule has 3 rings (SSSR count). The number of urea groups is 1. The molecule has 0 radical (unpaired) electrons. The Bertz CT molecular complexity index is 862. The van der Waals surface area contributed by atoms with Gasteiger partial charge in [0.1, 0.15) is 5.84 Å². The predicted octanol–water partition coefficient (Wildman–Crippen LogP) is 2.42. The summed E-state index contributed by atoms with van der Waals surface area (Å²) in [5, 5.41) is 20.6. The molecule has 134 valence electrons. The van der Waals surface area contributed by atoms with Crippen molar-refractivity contribution in [3.05, 3.63) is 53.6 Å². The first-order valence-corrected chi connectivity index (χ1v) is 8.08. The third-order valence-electron chi connectivity index (χ3n) is 3.82. The molecule has 1 heterocycles. The van der Waals surface area contributed by atoms with Gasteiger partial charge in [-0.25, -0.2) is 9.59 Å². The first kappa shape index (κ1) is 17.3.